The normalized spacial score (nSPS) is 10.3. The summed E-state index contributed by atoms with van der Waals surface area (Å²) in [5.74, 6) is 0.315. The lowest BCUT2D eigenvalue weighted by Crippen LogP contribution is -2.14. The fraction of sp³-hybridized carbons (Fsp3) is 0.143. The van der Waals surface area contributed by atoms with Crippen LogP contribution in [0.5, 0.6) is 0 Å². The van der Waals surface area contributed by atoms with Crippen LogP contribution in [0.4, 0.5) is 5.69 Å². The van der Waals surface area contributed by atoms with Gasteiger partial charge in [-0.25, -0.2) is 9.97 Å². The highest BCUT2D eigenvalue weighted by atomic mass is 16.2. The Hall–Kier alpha value is -3.34. The van der Waals surface area contributed by atoms with Crippen molar-refractivity contribution in [3.63, 3.8) is 0 Å². The van der Waals surface area contributed by atoms with Gasteiger partial charge in [0.15, 0.2) is 11.6 Å². The fourth-order valence-electron chi connectivity index (χ4n) is 2.46. The molecule has 0 radical (unpaired) electrons. The van der Waals surface area contributed by atoms with Gasteiger partial charge >= 0.3 is 0 Å². The highest BCUT2D eigenvalue weighted by Crippen LogP contribution is 2.15. The zero-order chi connectivity index (χ0) is 18.4. The Balaban J connectivity index is 1.53. The first-order valence-electron chi connectivity index (χ1n) is 8.39. The van der Waals surface area contributed by atoms with Crippen molar-refractivity contribution in [2.45, 2.75) is 19.8 Å². The summed E-state index contributed by atoms with van der Waals surface area (Å²) in [6.45, 7) is 1.97. The van der Waals surface area contributed by atoms with Crippen LogP contribution in [0, 0.1) is 6.92 Å². The second kappa shape index (κ2) is 8.16. The Bertz CT molecular complexity index is 889. The monoisotopic (exact) mass is 345 g/mol. The fourth-order valence-corrected chi connectivity index (χ4v) is 2.46. The van der Waals surface area contributed by atoms with Gasteiger partial charge in [0.2, 0.25) is 5.91 Å². The molecule has 5 nitrogen and oxygen atoms in total. The van der Waals surface area contributed by atoms with E-state index in [2.05, 4.69) is 15.3 Å². The molecule has 0 saturated carbocycles. The number of rotatable bonds is 6. The molecule has 1 aromatic heterocycles. The molecule has 0 aliphatic rings. The molecule has 2 aromatic carbocycles. The molecule has 3 aromatic rings. The Morgan fingerprint density at radius 3 is 2.19 bits per heavy atom. The van der Waals surface area contributed by atoms with Gasteiger partial charge in [-0.05, 0) is 6.92 Å². The van der Waals surface area contributed by atoms with Crippen molar-refractivity contribution in [2.24, 2.45) is 0 Å². The summed E-state index contributed by atoms with van der Waals surface area (Å²) in [6.07, 6.45) is 3.41. The van der Waals surface area contributed by atoms with Gasteiger partial charge in [-0.2, -0.15) is 0 Å². The molecule has 3 rings (SSSR count). The van der Waals surface area contributed by atoms with Gasteiger partial charge in [-0.15, -0.1) is 0 Å². The maximum Gasteiger partial charge on any atom is 0.224 e. The Labute approximate surface area is 152 Å². The number of aromatic nitrogens is 2. The van der Waals surface area contributed by atoms with Crippen molar-refractivity contribution in [1.29, 1.82) is 0 Å². The first-order valence-corrected chi connectivity index (χ1v) is 8.39. The van der Waals surface area contributed by atoms with Crippen LogP contribution in [-0.4, -0.2) is 21.7 Å². The quantitative estimate of drug-likeness (QED) is 0.684. The first-order chi connectivity index (χ1) is 12.6. The number of anilines is 1. The number of aryl methyl sites for hydroxylation is 1. The van der Waals surface area contributed by atoms with Crippen LogP contribution >= 0.6 is 0 Å². The minimum Gasteiger partial charge on any atom is -0.323 e. The average Bonchev–Trinajstić information content (AvgIpc) is 2.68. The number of amides is 1. The average molecular weight is 345 g/mol. The minimum atomic E-state index is -0.235. The molecule has 0 aliphatic carbocycles. The van der Waals surface area contributed by atoms with Crippen LogP contribution in [0.3, 0.4) is 0 Å². The molecular weight excluding hydrogens is 326 g/mol. The number of ketones is 1. The van der Waals surface area contributed by atoms with Crippen molar-refractivity contribution < 1.29 is 9.59 Å². The second-order valence-electron chi connectivity index (χ2n) is 6.00. The third kappa shape index (κ3) is 4.60. The third-order valence-electron chi connectivity index (χ3n) is 3.92. The number of hydrogen-bond acceptors (Lipinski definition) is 4. The van der Waals surface area contributed by atoms with E-state index in [1.807, 2.05) is 49.4 Å². The third-order valence-corrected chi connectivity index (χ3v) is 3.92. The van der Waals surface area contributed by atoms with Crippen molar-refractivity contribution >= 4 is 17.4 Å². The van der Waals surface area contributed by atoms with Crippen LogP contribution in [0.15, 0.2) is 67.0 Å². The topological polar surface area (TPSA) is 72.0 Å². The number of hydrogen-bond donors (Lipinski definition) is 1. The smallest absolute Gasteiger partial charge is 0.224 e. The molecule has 0 atom stereocenters. The lowest BCUT2D eigenvalue weighted by atomic mass is 10.1. The van der Waals surface area contributed by atoms with Crippen LogP contribution in [0.25, 0.3) is 11.4 Å². The largest absolute Gasteiger partial charge is 0.323 e. The van der Waals surface area contributed by atoms with Crippen LogP contribution in [-0.2, 0) is 4.79 Å². The van der Waals surface area contributed by atoms with E-state index in [9.17, 15) is 9.59 Å². The molecule has 1 heterocycles. The Kier molecular flexibility index (Phi) is 5.49. The summed E-state index contributed by atoms with van der Waals surface area (Å²) in [5.41, 5.74) is 3.14. The minimum absolute atomic E-state index is 0.0455. The zero-order valence-corrected chi connectivity index (χ0v) is 14.5. The molecule has 1 amide bonds. The SMILES string of the molecule is Cc1ccc(C(=O)CCC(=O)Nc2cnc(-c3ccccc3)nc2)cc1. The molecule has 130 valence electrons. The maximum atomic E-state index is 12.1. The van der Waals surface area contributed by atoms with E-state index >= 15 is 0 Å². The molecule has 0 fully saturated rings. The predicted octanol–water partition coefficient (Wildman–Crippen LogP) is 4.05. The number of carbonyl (C=O) groups excluding carboxylic acids is 2. The summed E-state index contributed by atoms with van der Waals surface area (Å²) in [6, 6.07) is 16.9. The summed E-state index contributed by atoms with van der Waals surface area (Å²) in [4.78, 5) is 32.7. The summed E-state index contributed by atoms with van der Waals surface area (Å²) < 4.78 is 0. The van der Waals surface area contributed by atoms with Crippen LogP contribution < -0.4 is 5.32 Å². The van der Waals surface area contributed by atoms with Gasteiger partial charge in [-0.1, -0.05) is 60.2 Å². The van der Waals surface area contributed by atoms with E-state index in [0.717, 1.165) is 11.1 Å². The molecule has 0 bridgehead atoms. The number of nitrogens with one attached hydrogen (secondary N) is 1. The highest BCUT2D eigenvalue weighted by Gasteiger charge is 2.10. The molecule has 0 aliphatic heterocycles. The lowest BCUT2D eigenvalue weighted by molar-refractivity contribution is -0.116. The molecule has 0 spiro atoms. The number of benzene rings is 2. The van der Waals surface area contributed by atoms with Crippen molar-refractivity contribution in [2.75, 3.05) is 5.32 Å². The molecule has 0 saturated heterocycles. The van der Waals surface area contributed by atoms with E-state index in [1.165, 1.54) is 0 Å². The van der Waals surface area contributed by atoms with Gasteiger partial charge in [0.05, 0.1) is 18.1 Å². The Morgan fingerprint density at radius 1 is 0.885 bits per heavy atom. The van der Waals surface area contributed by atoms with E-state index in [0.29, 0.717) is 17.1 Å². The zero-order valence-electron chi connectivity index (χ0n) is 14.5. The molecule has 0 unspecified atom stereocenters. The summed E-state index contributed by atoms with van der Waals surface area (Å²) >= 11 is 0. The second-order valence-corrected chi connectivity index (χ2v) is 6.00. The van der Waals surface area contributed by atoms with Gasteiger partial charge in [0.25, 0.3) is 0 Å². The molecular formula is C21H19N3O2. The number of nitrogens with zero attached hydrogens (tertiary/aromatic N) is 2. The highest BCUT2D eigenvalue weighted by molar-refractivity contribution is 5.99. The summed E-state index contributed by atoms with van der Waals surface area (Å²) in [7, 11) is 0. The van der Waals surface area contributed by atoms with Gasteiger partial charge in [0, 0.05) is 24.0 Å². The van der Waals surface area contributed by atoms with E-state index in [4.69, 9.17) is 0 Å². The maximum absolute atomic E-state index is 12.1. The molecule has 5 heteroatoms. The summed E-state index contributed by atoms with van der Waals surface area (Å²) in [5, 5.41) is 2.72. The van der Waals surface area contributed by atoms with Gasteiger partial charge in [-0.3, -0.25) is 9.59 Å². The Morgan fingerprint density at radius 2 is 1.54 bits per heavy atom. The molecule has 26 heavy (non-hydrogen) atoms. The van der Waals surface area contributed by atoms with E-state index in [1.54, 1.807) is 24.5 Å². The number of Topliss-reactive ketones (excluding diaryl/α,β-unsaturated/α-hetero) is 1. The molecule has 1 N–H and O–H groups in total. The number of carbonyl (C=O) groups is 2. The van der Waals surface area contributed by atoms with Gasteiger partial charge < -0.3 is 5.32 Å². The predicted molar refractivity (Wildman–Crippen MR) is 101 cm³/mol. The van der Waals surface area contributed by atoms with Crippen LogP contribution in [0.1, 0.15) is 28.8 Å². The van der Waals surface area contributed by atoms with Crippen molar-refractivity contribution in [3.05, 3.63) is 78.1 Å². The first kappa shape index (κ1) is 17.5. The van der Waals surface area contributed by atoms with Crippen molar-refractivity contribution in [1.82, 2.24) is 9.97 Å². The van der Waals surface area contributed by atoms with E-state index < -0.39 is 0 Å². The van der Waals surface area contributed by atoms with Crippen molar-refractivity contribution in [3.8, 4) is 11.4 Å². The van der Waals surface area contributed by atoms with Crippen LogP contribution in [0.2, 0.25) is 0 Å². The van der Waals surface area contributed by atoms with E-state index in [-0.39, 0.29) is 24.5 Å². The standard InChI is InChI=1S/C21H19N3O2/c1-15-7-9-16(10-8-15)19(25)11-12-20(26)24-18-13-22-21(23-14-18)17-5-3-2-4-6-17/h2-10,13-14H,11-12H2,1H3,(H,24,26). The lowest BCUT2D eigenvalue weighted by Gasteiger charge is -2.06. The van der Waals surface area contributed by atoms with Gasteiger partial charge in [0.1, 0.15) is 0 Å².